The third-order valence-corrected chi connectivity index (χ3v) is 5.91. The average Bonchev–Trinajstić information content (AvgIpc) is 3.30. The molecule has 2 heterocycles. The van der Waals surface area contributed by atoms with Crippen LogP contribution in [0.5, 0.6) is 17.4 Å². The predicted octanol–water partition coefficient (Wildman–Crippen LogP) is 2.40. The van der Waals surface area contributed by atoms with E-state index >= 15 is 0 Å². The molecule has 35 heavy (non-hydrogen) atoms. The van der Waals surface area contributed by atoms with Crippen LogP contribution in [0, 0.1) is 0 Å². The zero-order valence-electron chi connectivity index (χ0n) is 19.6. The van der Waals surface area contributed by atoms with Crippen molar-refractivity contribution in [2.75, 3.05) is 14.2 Å². The molecule has 3 aromatic rings. The molecule has 1 aliphatic rings. The van der Waals surface area contributed by atoms with E-state index < -0.39 is 23.2 Å². The maximum atomic E-state index is 12.8. The van der Waals surface area contributed by atoms with Crippen LogP contribution < -0.4 is 20.7 Å². The van der Waals surface area contributed by atoms with E-state index in [1.807, 2.05) is 18.2 Å². The van der Waals surface area contributed by atoms with E-state index in [2.05, 4.69) is 10.1 Å². The van der Waals surface area contributed by atoms with Crippen molar-refractivity contribution < 1.29 is 19.4 Å². The van der Waals surface area contributed by atoms with Crippen LogP contribution in [-0.4, -0.2) is 45.5 Å². The SMILES string of the molecule is CCC(=O)N1N=C(c2c(O)n(Cc3ccccc3)c(=O)[nH]c2=O)C[C@H]1c1ccc(OC)cc1OC. The first-order chi connectivity index (χ1) is 16.9. The first-order valence-corrected chi connectivity index (χ1v) is 11.1. The number of carbonyl (C=O) groups is 1. The molecule has 0 fully saturated rings. The van der Waals surface area contributed by atoms with E-state index in [0.717, 1.165) is 10.1 Å². The van der Waals surface area contributed by atoms with Crippen molar-refractivity contribution in [2.24, 2.45) is 5.10 Å². The Balaban J connectivity index is 1.79. The number of nitrogens with one attached hydrogen (secondary N) is 1. The Labute approximate surface area is 201 Å². The summed E-state index contributed by atoms with van der Waals surface area (Å²) in [5.41, 5.74) is -0.0442. The Morgan fingerprint density at radius 3 is 2.54 bits per heavy atom. The number of aromatic amines is 1. The lowest BCUT2D eigenvalue weighted by molar-refractivity contribution is -0.132. The number of rotatable bonds is 7. The van der Waals surface area contributed by atoms with E-state index in [1.54, 1.807) is 37.3 Å². The number of aromatic nitrogens is 2. The average molecular weight is 479 g/mol. The summed E-state index contributed by atoms with van der Waals surface area (Å²) in [7, 11) is 3.05. The summed E-state index contributed by atoms with van der Waals surface area (Å²) < 4.78 is 11.9. The lowest BCUT2D eigenvalue weighted by Gasteiger charge is -2.23. The fourth-order valence-corrected chi connectivity index (χ4v) is 4.12. The van der Waals surface area contributed by atoms with E-state index in [9.17, 15) is 19.5 Å². The van der Waals surface area contributed by atoms with E-state index in [-0.39, 0.29) is 36.6 Å². The van der Waals surface area contributed by atoms with Gasteiger partial charge in [0.25, 0.3) is 5.56 Å². The highest BCUT2D eigenvalue weighted by Crippen LogP contribution is 2.39. The third-order valence-electron chi connectivity index (χ3n) is 5.91. The molecule has 0 saturated carbocycles. The first kappa shape index (κ1) is 23.8. The number of hydrogen-bond donors (Lipinski definition) is 2. The maximum Gasteiger partial charge on any atom is 0.331 e. The summed E-state index contributed by atoms with van der Waals surface area (Å²) >= 11 is 0. The molecule has 0 saturated heterocycles. The van der Waals surface area contributed by atoms with Crippen LogP contribution in [0.3, 0.4) is 0 Å². The van der Waals surface area contributed by atoms with Crippen molar-refractivity contribution in [3.8, 4) is 17.4 Å². The standard InChI is InChI=1S/C25H26N4O6/c1-4-21(30)29-19(17-11-10-16(34-2)12-20(17)35-3)13-18(27-29)22-23(31)26-25(33)28(24(22)32)14-15-8-6-5-7-9-15/h5-12,19,32H,4,13-14H2,1-3H3,(H,26,31,33)/t19-/m0/s1. The van der Waals surface area contributed by atoms with Gasteiger partial charge in [0.2, 0.25) is 11.8 Å². The van der Waals surface area contributed by atoms with Crippen molar-refractivity contribution in [1.29, 1.82) is 0 Å². The number of amides is 1. The molecule has 0 radical (unpaired) electrons. The normalized spacial score (nSPS) is 15.1. The highest BCUT2D eigenvalue weighted by atomic mass is 16.5. The summed E-state index contributed by atoms with van der Waals surface area (Å²) in [5, 5.41) is 16.7. The Kier molecular flexibility index (Phi) is 6.72. The molecular formula is C25H26N4O6. The second-order valence-electron chi connectivity index (χ2n) is 8.00. The van der Waals surface area contributed by atoms with Gasteiger partial charge in [-0.3, -0.25) is 19.1 Å². The van der Waals surface area contributed by atoms with Crippen molar-refractivity contribution in [3.05, 3.63) is 86.1 Å². The largest absolute Gasteiger partial charge is 0.497 e. The van der Waals surface area contributed by atoms with Gasteiger partial charge in [-0.25, -0.2) is 9.80 Å². The van der Waals surface area contributed by atoms with Crippen LogP contribution in [0.15, 0.2) is 63.2 Å². The Bertz CT molecular complexity index is 1390. The number of aromatic hydroxyl groups is 1. The third kappa shape index (κ3) is 4.54. The van der Waals surface area contributed by atoms with Crippen LogP contribution in [0.25, 0.3) is 0 Å². The van der Waals surface area contributed by atoms with Gasteiger partial charge in [0.15, 0.2) is 0 Å². The van der Waals surface area contributed by atoms with Crippen molar-refractivity contribution in [2.45, 2.75) is 32.4 Å². The lowest BCUT2D eigenvalue weighted by Crippen LogP contribution is -2.34. The van der Waals surface area contributed by atoms with E-state index in [1.165, 1.54) is 19.2 Å². The van der Waals surface area contributed by atoms with Crippen LogP contribution in [0.1, 0.15) is 42.5 Å². The molecule has 1 aromatic heterocycles. The second-order valence-corrected chi connectivity index (χ2v) is 8.00. The van der Waals surface area contributed by atoms with Crippen LogP contribution in [0.2, 0.25) is 0 Å². The Morgan fingerprint density at radius 1 is 1.14 bits per heavy atom. The summed E-state index contributed by atoms with van der Waals surface area (Å²) in [5.74, 6) is 0.302. The Hall–Kier alpha value is -4.34. The molecule has 1 amide bonds. The van der Waals surface area contributed by atoms with Crippen LogP contribution in [-0.2, 0) is 11.3 Å². The lowest BCUT2D eigenvalue weighted by atomic mass is 9.98. The minimum absolute atomic E-state index is 0.0515. The molecule has 1 atom stereocenters. The predicted molar refractivity (Wildman–Crippen MR) is 129 cm³/mol. The first-order valence-electron chi connectivity index (χ1n) is 11.1. The second kappa shape index (κ2) is 9.88. The van der Waals surface area contributed by atoms with Gasteiger partial charge in [-0.2, -0.15) is 5.10 Å². The number of H-pyrrole nitrogens is 1. The monoisotopic (exact) mass is 478 g/mol. The van der Waals surface area contributed by atoms with Gasteiger partial charge < -0.3 is 14.6 Å². The van der Waals surface area contributed by atoms with Crippen molar-refractivity contribution >= 4 is 11.6 Å². The van der Waals surface area contributed by atoms with Crippen LogP contribution >= 0.6 is 0 Å². The zero-order chi connectivity index (χ0) is 25.1. The van der Waals surface area contributed by atoms with Gasteiger partial charge >= 0.3 is 5.69 Å². The molecule has 0 bridgehead atoms. The summed E-state index contributed by atoms with van der Waals surface area (Å²) in [6, 6.07) is 13.7. The molecular weight excluding hydrogens is 452 g/mol. The molecule has 10 nitrogen and oxygen atoms in total. The Morgan fingerprint density at radius 2 is 1.89 bits per heavy atom. The highest BCUT2D eigenvalue weighted by molar-refractivity contribution is 6.04. The number of methoxy groups -OCH3 is 2. The molecule has 4 rings (SSSR count). The fourth-order valence-electron chi connectivity index (χ4n) is 4.12. The van der Waals surface area contributed by atoms with Gasteiger partial charge in [0, 0.05) is 24.5 Å². The minimum Gasteiger partial charge on any atom is -0.497 e. The number of carbonyl (C=O) groups excluding carboxylic acids is 1. The van der Waals surface area contributed by atoms with Crippen molar-refractivity contribution in [1.82, 2.24) is 14.6 Å². The van der Waals surface area contributed by atoms with Gasteiger partial charge in [-0.05, 0) is 17.7 Å². The summed E-state index contributed by atoms with van der Waals surface area (Å²) in [4.78, 5) is 40.3. The van der Waals surface area contributed by atoms with Gasteiger partial charge in [0.05, 0.1) is 32.5 Å². The number of benzene rings is 2. The molecule has 10 heteroatoms. The number of ether oxygens (including phenoxy) is 2. The maximum absolute atomic E-state index is 12.8. The van der Waals surface area contributed by atoms with Gasteiger partial charge in [-0.1, -0.05) is 37.3 Å². The molecule has 2 aromatic carbocycles. The van der Waals surface area contributed by atoms with Crippen molar-refractivity contribution in [3.63, 3.8) is 0 Å². The smallest absolute Gasteiger partial charge is 0.331 e. The molecule has 0 aliphatic carbocycles. The minimum atomic E-state index is -0.776. The summed E-state index contributed by atoms with van der Waals surface area (Å²) in [6.07, 6.45) is 0.316. The van der Waals surface area contributed by atoms with Gasteiger partial charge in [0.1, 0.15) is 17.1 Å². The molecule has 1 aliphatic heterocycles. The van der Waals surface area contributed by atoms with Crippen LogP contribution in [0.4, 0.5) is 0 Å². The molecule has 2 N–H and O–H groups in total. The molecule has 0 unspecified atom stereocenters. The van der Waals surface area contributed by atoms with E-state index in [4.69, 9.17) is 9.47 Å². The quantitative estimate of drug-likeness (QED) is 0.537. The zero-order valence-corrected chi connectivity index (χ0v) is 19.6. The molecule has 182 valence electrons. The van der Waals surface area contributed by atoms with E-state index in [0.29, 0.717) is 17.1 Å². The number of hydrogen-bond acceptors (Lipinski definition) is 7. The fraction of sp³-hybridized carbons (Fsp3) is 0.280. The number of nitrogens with zero attached hydrogens (tertiary/aromatic N) is 3. The topological polar surface area (TPSA) is 126 Å². The van der Waals surface area contributed by atoms with Gasteiger partial charge in [-0.15, -0.1) is 0 Å². The summed E-state index contributed by atoms with van der Waals surface area (Å²) in [6.45, 7) is 1.76. The molecule has 0 spiro atoms. The highest BCUT2D eigenvalue weighted by Gasteiger charge is 2.36. The number of hydrazone groups is 1.